The minimum atomic E-state index is -0.186. The predicted octanol–water partition coefficient (Wildman–Crippen LogP) is 1.60. The van der Waals surface area contributed by atoms with E-state index >= 15 is 0 Å². The Bertz CT molecular complexity index is 589. The number of aromatic amines is 2. The van der Waals surface area contributed by atoms with Crippen LogP contribution in [-0.2, 0) is 6.54 Å². The lowest BCUT2D eigenvalue weighted by atomic mass is 10.1. The SMILES string of the molecule is COc1ccc(-c2[nH][nH]c(=O)c2CN)cc1Br. The zero-order valence-corrected chi connectivity index (χ0v) is 10.8. The van der Waals surface area contributed by atoms with E-state index in [1.807, 2.05) is 18.2 Å². The van der Waals surface area contributed by atoms with Gasteiger partial charge in [0.25, 0.3) is 5.56 Å². The summed E-state index contributed by atoms with van der Waals surface area (Å²) in [5, 5.41) is 5.35. The van der Waals surface area contributed by atoms with Crippen LogP contribution < -0.4 is 16.0 Å². The zero-order valence-electron chi connectivity index (χ0n) is 9.21. The molecule has 0 saturated heterocycles. The first kappa shape index (κ1) is 11.9. The molecule has 0 unspecified atom stereocenters. The van der Waals surface area contributed by atoms with Crippen molar-refractivity contribution in [2.45, 2.75) is 6.54 Å². The molecule has 4 N–H and O–H groups in total. The molecule has 6 heteroatoms. The Morgan fingerprint density at radius 3 is 2.76 bits per heavy atom. The van der Waals surface area contributed by atoms with Crippen molar-refractivity contribution in [2.75, 3.05) is 7.11 Å². The topological polar surface area (TPSA) is 83.9 Å². The van der Waals surface area contributed by atoms with Crippen molar-refractivity contribution in [3.8, 4) is 17.0 Å². The molecule has 2 rings (SSSR count). The Morgan fingerprint density at radius 1 is 1.41 bits per heavy atom. The lowest BCUT2D eigenvalue weighted by Gasteiger charge is -2.06. The number of nitrogens with two attached hydrogens (primary N) is 1. The summed E-state index contributed by atoms with van der Waals surface area (Å²) in [6, 6.07) is 5.56. The van der Waals surface area contributed by atoms with E-state index in [4.69, 9.17) is 10.5 Å². The summed E-state index contributed by atoms with van der Waals surface area (Å²) in [5.74, 6) is 0.737. The van der Waals surface area contributed by atoms with Gasteiger partial charge in [-0.2, -0.15) is 0 Å². The van der Waals surface area contributed by atoms with Gasteiger partial charge in [0.2, 0.25) is 0 Å². The molecule has 1 heterocycles. The van der Waals surface area contributed by atoms with E-state index in [0.29, 0.717) is 11.3 Å². The third-order valence-electron chi connectivity index (χ3n) is 2.52. The van der Waals surface area contributed by atoms with Crippen molar-refractivity contribution in [3.05, 3.63) is 38.6 Å². The highest BCUT2D eigenvalue weighted by Crippen LogP contribution is 2.30. The molecule has 0 amide bonds. The molecule has 17 heavy (non-hydrogen) atoms. The molecule has 2 aromatic rings. The Morgan fingerprint density at radius 2 is 2.18 bits per heavy atom. The van der Waals surface area contributed by atoms with Gasteiger partial charge in [-0.1, -0.05) is 0 Å². The summed E-state index contributed by atoms with van der Waals surface area (Å²) < 4.78 is 5.97. The second-order valence-corrected chi connectivity index (χ2v) is 4.34. The molecule has 0 saturated carbocycles. The Hall–Kier alpha value is -1.53. The fourth-order valence-corrected chi connectivity index (χ4v) is 2.19. The molecule has 0 spiro atoms. The highest BCUT2D eigenvalue weighted by Gasteiger charge is 2.11. The van der Waals surface area contributed by atoms with E-state index in [1.54, 1.807) is 7.11 Å². The molecule has 5 nitrogen and oxygen atoms in total. The van der Waals surface area contributed by atoms with Crippen LogP contribution in [0.5, 0.6) is 5.75 Å². The second kappa shape index (κ2) is 4.77. The van der Waals surface area contributed by atoms with Gasteiger partial charge in [0.15, 0.2) is 0 Å². The Balaban J connectivity index is 2.53. The maximum Gasteiger partial charge on any atom is 0.269 e. The molecule has 1 aromatic carbocycles. The molecule has 0 aliphatic carbocycles. The molecule has 1 aromatic heterocycles. The van der Waals surface area contributed by atoms with Crippen molar-refractivity contribution >= 4 is 15.9 Å². The highest BCUT2D eigenvalue weighted by molar-refractivity contribution is 9.10. The second-order valence-electron chi connectivity index (χ2n) is 3.49. The van der Waals surface area contributed by atoms with E-state index in [0.717, 1.165) is 15.8 Å². The molecule has 0 aliphatic heterocycles. The van der Waals surface area contributed by atoms with E-state index in [-0.39, 0.29) is 12.1 Å². The number of nitrogens with one attached hydrogen (secondary N) is 2. The van der Waals surface area contributed by atoms with E-state index in [9.17, 15) is 4.79 Å². The summed E-state index contributed by atoms with van der Waals surface area (Å²) in [7, 11) is 1.60. The molecule has 0 aliphatic rings. The van der Waals surface area contributed by atoms with E-state index in [2.05, 4.69) is 26.1 Å². The molecule has 0 fully saturated rings. The van der Waals surface area contributed by atoms with E-state index < -0.39 is 0 Å². The van der Waals surface area contributed by atoms with Gasteiger partial charge in [0.05, 0.1) is 22.8 Å². The van der Waals surface area contributed by atoms with Gasteiger partial charge < -0.3 is 10.5 Å². The average molecular weight is 298 g/mol. The summed E-state index contributed by atoms with van der Waals surface area (Å²) in [4.78, 5) is 11.4. The van der Waals surface area contributed by atoms with Gasteiger partial charge in [0, 0.05) is 12.1 Å². The standard InChI is InChI=1S/C11H12BrN3O2/c1-17-9-3-2-6(4-8(9)12)10-7(5-13)11(16)15-14-10/h2-4H,5,13H2,1H3,(H2,14,15,16). The van der Waals surface area contributed by atoms with Crippen molar-refractivity contribution in [3.63, 3.8) is 0 Å². The van der Waals surface area contributed by atoms with Gasteiger partial charge in [-0.05, 0) is 34.1 Å². The lowest BCUT2D eigenvalue weighted by Crippen LogP contribution is -2.10. The average Bonchev–Trinajstić information content (AvgIpc) is 2.70. The van der Waals surface area contributed by atoms with Crippen LogP contribution in [-0.4, -0.2) is 17.3 Å². The zero-order chi connectivity index (χ0) is 12.4. The first-order chi connectivity index (χ1) is 8.17. The first-order valence-corrected chi connectivity index (χ1v) is 5.80. The minimum Gasteiger partial charge on any atom is -0.496 e. The van der Waals surface area contributed by atoms with Gasteiger partial charge in [-0.3, -0.25) is 15.0 Å². The number of hydrogen-bond acceptors (Lipinski definition) is 3. The predicted molar refractivity (Wildman–Crippen MR) is 69.0 cm³/mol. The highest BCUT2D eigenvalue weighted by atomic mass is 79.9. The van der Waals surface area contributed by atoms with Crippen molar-refractivity contribution < 1.29 is 4.74 Å². The number of hydrogen-bond donors (Lipinski definition) is 3. The number of halogens is 1. The van der Waals surface area contributed by atoms with Crippen LogP contribution in [0.3, 0.4) is 0 Å². The number of rotatable bonds is 3. The van der Waals surface area contributed by atoms with Crippen LogP contribution in [0.25, 0.3) is 11.3 Å². The van der Waals surface area contributed by atoms with Gasteiger partial charge in [0.1, 0.15) is 5.75 Å². The van der Waals surface area contributed by atoms with Gasteiger partial charge in [-0.15, -0.1) is 0 Å². The smallest absolute Gasteiger partial charge is 0.269 e. The van der Waals surface area contributed by atoms with Gasteiger partial charge >= 0.3 is 0 Å². The number of methoxy groups -OCH3 is 1. The number of benzene rings is 1. The number of H-pyrrole nitrogens is 2. The quantitative estimate of drug-likeness (QED) is 0.804. The molecule has 0 radical (unpaired) electrons. The third-order valence-corrected chi connectivity index (χ3v) is 3.14. The summed E-state index contributed by atoms with van der Waals surface area (Å²) in [6.45, 7) is 0.192. The van der Waals surface area contributed by atoms with Crippen molar-refractivity contribution in [1.29, 1.82) is 0 Å². The third kappa shape index (κ3) is 2.13. The maximum absolute atomic E-state index is 11.4. The van der Waals surface area contributed by atoms with Crippen LogP contribution in [0.2, 0.25) is 0 Å². The maximum atomic E-state index is 11.4. The monoisotopic (exact) mass is 297 g/mol. The van der Waals surface area contributed by atoms with Crippen LogP contribution in [0.15, 0.2) is 27.5 Å². The Kier molecular flexibility index (Phi) is 3.35. The largest absolute Gasteiger partial charge is 0.496 e. The fourth-order valence-electron chi connectivity index (χ4n) is 1.65. The minimum absolute atomic E-state index is 0.186. The number of ether oxygens (including phenoxy) is 1. The summed E-state index contributed by atoms with van der Waals surface area (Å²) in [5.41, 5.74) is 7.49. The van der Waals surface area contributed by atoms with Crippen LogP contribution in [0.1, 0.15) is 5.56 Å². The van der Waals surface area contributed by atoms with Crippen LogP contribution in [0.4, 0.5) is 0 Å². The van der Waals surface area contributed by atoms with Crippen molar-refractivity contribution in [2.24, 2.45) is 5.73 Å². The molecule has 90 valence electrons. The molecule has 0 bridgehead atoms. The molecule has 0 atom stereocenters. The first-order valence-electron chi connectivity index (χ1n) is 5.01. The molecular formula is C11H12BrN3O2. The van der Waals surface area contributed by atoms with E-state index in [1.165, 1.54) is 0 Å². The summed E-state index contributed by atoms with van der Waals surface area (Å²) >= 11 is 3.40. The fraction of sp³-hybridized carbons (Fsp3) is 0.182. The molecular weight excluding hydrogens is 286 g/mol. The number of aromatic nitrogens is 2. The van der Waals surface area contributed by atoms with Crippen LogP contribution >= 0.6 is 15.9 Å². The normalized spacial score (nSPS) is 10.5. The lowest BCUT2D eigenvalue weighted by molar-refractivity contribution is 0.412. The Labute approximate surface area is 106 Å². The van der Waals surface area contributed by atoms with Gasteiger partial charge in [-0.25, -0.2) is 0 Å². The van der Waals surface area contributed by atoms with Crippen LogP contribution in [0, 0.1) is 0 Å². The van der Waals surface area contributed by atoms with Crippen molar-refractivity contribution in [1.82, 2.24) is 10.2 Å². The summed E-state index contributed by atoms with van der Waals surface area (Å²) in [6.07, 6.45) is 0.